The lowest BCUT2D eigenvalue weighted by molar-refractivity contribution is -0.384. The van der Waals surface area contributed by atoms with E-state index in [0.717, 1.165) is 25.9 Å². The Hall–Kier alpha value is -2.20. The number of hydrogen-bond donors (Lipinski definition) is 1. The zero-order valence-corrected chi connectivity index (χ0v) is 11.0. The number of aromatic nitrogens is 1. The molecule has 2 fully saturated rings. The Bertz CT molecular complexity index is 583. The van der Waals surface area contributed by atoms with Gasteiger partial charge in [-0.05, 0) is 31.9 Å². The van der Waals surface area contributed by atoms with Gasteiger partial charge in [-0.1, -0.05) is 0 Å². The van der Waals surface area contributed by atoms with Gasteiger partial charge in [-0.3, -0.25) is 15.0 Å². The largest absolute Gasteiger partial charge is 0.360 e. The highest BCUT2D eigenvalue weighted by Gasteiger charge is 2.38. The fourth-order valence-corrected chi connectivity index (χ4v) is 3.26. The summed E-state index contributed by atoms with van der Waals surface area (Å²) in [4.78, 5) is 17.1. The number of nitrogens with zero attached hydrogens (tertiary/aromatic N) is 4. The Morgan fingerprint density at radius 2 is 2.35 bits per heavy atom. The minimum Gasteiger partial charge on any atom is -0.360 e. The average Bonchev–Trinajstić information content (AvgIpc) is 3.03. The van der Waals surface area contributed by atoms with Gasteiger partial charge in [-0.25, -0.2) is 4.98 Å². The van der Waals surface area contributed by atoms with Crippen LogP contribution in [0.2, 0.25) is 0 Å². The van der Waals surface area contributed by atoms with Gasteiger partial charge in [0.1, 0.15) is 11.6 Å². The maximum atomic E-state index is 11.2. The summed E-state index contributed by atoms with van der Waals surface area (Å²) >= 11 is 0. The van der Waals surface area contributed by atoms with Crippen molar-refractivity contribution in [2.45, 2.75) is 31.3 Å². The molecule has 0 bridgehead atoms. The first-order valence-corrected chi connectivity index (χ1v) is 6.75. The van der Waals surface area contributed by atoms with Crippen LogP contribution in [0.4, 0.5) is 11.5 Å². The Kier molecular flexibility index (Phi) is 3.24. The van der Waals surface area contributed by atoms with E-state index in [0.29, 0.717) is 6.04 Å². The third-order valence-electron chi connectivity index (χ3n) is 4.16. The quantitative estimate of drug-likeness (QED) is 0.662. The number of pyridine rings is 1. The molecule has 2 atom stereocenters. The standard InChI is InChI=1S/C13H15N5O2/c14-8-9-3-5-15-13(12(9)18(19)20)16-10-4-7-17-6-1-2-11(10)17/h3,5,10-11H,1-2,4,6-7H2,(H,15,16). The molecule has 0 amide bonds. The lowest BCUT2D eigenvalue weighted by Gasteiger charge is -2.21. The zero-order valence-electron chi connectivity index (χ0n) is 11.0. The first-order chi connectivity index (χ1) is 9.70. The summed E-state index contributed by atoms with van der Waals surface area (Å²) in [5, 5.41) is 23.3. The van der Waals surface area contributed by atoms with Crippen LogP contribution in [0.3, 0.4) is 0 Å². The van der Waals surface area contributed by atoms with Gasteiger partial charge in [0.05, 0.1) is 4.92 Å². The maximum absolute atomic E-state index is 11.2. The molecule has 2 unspecified atom stereocenters. The normalized spacial score (nSPS) is 25.1. The maximum Gasteiger partial charge on any atom is 0.328 e. The van der Waals surface area contributed by atoms with Crippen LogP contribution in [-0.4, -0.2) is 40.0 Å². The summed E-state index contributed by atoms with van der Waals surface area (Å²) in [6, 6.07) is 3.84. The minimum atomic E-state index is -0.532. The van der Waals surface area contributed by atoms with Crippen LogP contribution in [0.1, 0.15) is 24.8 Å². The van der Waals surface area contributed by atoms with E-state index in [9.17, 15) is 10.1 Å². The molecular formula is C13H15N5O2. The van der Waals surface area contributed by atoms with E-state index in [1.165, 1.54) is 18.7 Å². The van der Waals surface area contributed by atoms with Crippen LogP contribution in [0, 0.1) is 21.4 Å². The third-order valence-corrected chi connectivity index (χ3v) is 4.16. The predicted molar refractivity (Wildman–Crippen MR) is 72.2 cm³/mol. The zero-order chi connectivity index (χ0) is 14.1. The van der Waals surface area contributed by atoms with Gasteiger partial charge in [0.2, 0.25) is 5.82 Å². The van der Waals surface area contributed by atoms with Crippen molar-refractivity contribution in [3.8, 4) is 6.07 Å². The van der Waals surface area contributed by atoms with Crippen LogP contribution in [0.25, 0.3) is 0 Å². The Balaban J connectivity index is 1.88. The van der Waals surface area contributed by atoms with E-state index < -0.39 is 4.92 Å². The lowest BCUT2D eigenvalue weighted by atomic mass is 10.1. The van der Waals surface area contributed by atoms with Gasteiger partial charge in [0.25, 0.3) is 0 Å². The summed E-state index contributed by atoms with van der Waals surface area (Å²) < 4.78 is 0. The Morgan fingerprint density at radius 1 is 1.50 bits per heavy atom. The molecule has 104 valence electrons. The second-order valence-corrected chi connectivity index (χ2v) is 5.21. The highest BCUT2D eigenvalue weighted by molar-refractivity contribution is 5.64. The molecule has 20 heavy (non-hydrogen) atoms. The molecule has 2 saturated heterocycles. The van der Waals surface area contributed by atoms with Crippen LogP contribution in [0.15, 0.2) is 12.3 Å². The van der Waals surface area contributed by atoms with Crippen molar-refractivity contribution in [1.29, 1.82) is 5.26 Å². The third kappa shape index (κ3) is 2.08. The summed E-state index contributed by atoms with van der Waals surface area (Å²) in [5.41, 5.74) is -0.166. The van der Waals surface area contributed by atoms with E-state index in [4.69, 9.17) is 5.26 Å². The van der Waals surface area contributed by atoms with E-state index >= 15 is 0 Å². The summed E-state index contributed by atoms with van der Waals surface area (Å²) in [5.74, 6) is 0.216. The van der Waals surface area contributed by atoms with Gasteiger partial charge in [-0.2, -0.15) is 5.26 Å². The van der Waals surface area contributed by atoms with Crippen molar-refractivity contribution in [2.75, 3.05) is 18.4 Å². The van der Waals surface area contributed by atoms with E-state index in [1.807, 2.05) is 6.07 Å². The molecule has 0 saturated carbocycles. The summed E-state index contributed by atoms with van der Waals surface area (Å²) in [6.45, 7) is 2.13. The van der Waals surface area contributed by atoms with Gasteiger partial charge in [0.15, 0.2) is 0 Å². The molecule has 1 aromatic heterocycles. The van der Waals surface area contributed by atoms with Crippen LogP contribution < -0.4 is 5.32 Å². The molecule has 0 aromatic carbocycles. The second-order valence-electron chi connectivity index (χ2n) is 5.21. The van der Waals surface area contributed by atoms with E-state index in [1.54, 1.807) is 0 Å². The fourth-order valence-electron chi connectivity index (χ4n) is 3.26. The number of hydrogen-bond acceptors (Lipinski definition) is 6. The van der Waals surface area contributed by atoms with E-state index in [-0.39, 0.29) is 23.1 Å². The highest BCUT2D eigenvalue weighted by Crippen LogP contribution is 2.32. The van der Waals surface area contributed by atoms with Gasteiger partial charge in [-0.15, -0.1) is 0 Å². The predicted octanol–water partition coefficient (Wildman–Crippen LogP) is 1.51. The van der Waals surface area contributed by atoms with Crippen LogP contribution in [0.5, 0.6) is 0 Å². The molecule has 3 heterocycles. The molecular weight excluding hydrogens is 258 g/mol. The lowest BCUT2D eigenvalue weighted by Crippen LogP contribution is -2.34. The number of nitrogens with one attached hydrogen (secondary N) is 1. The molecule has 7 nitrogen and oxygen atoms in total. The van der Waals surface area contributed by atoms with Crippen LogP contribution in [-0.2, 0) is 0 Å². The van der Waals surface area contributed by atoms with Gasteiger partial charge < -0.3 is 5.32 Å². The first kappa shape index (κ1) is 12.8. The van der Waals surface area contributed by atoms with Gasteiger partial charge >= 0.3 is 5.69 Å². The Labute approximate surface area is 116 Å². The average molecular weight is 273 g/mol. The number of anilines is 1. The first-order valence-electron chi connectivity index (χ1n) is 6.75. The topological polar surface area (TPSA) is 95.1 Å². The monoisotopic (exact) mass is 273 g/mol. The molecule has 1 N–H and O–H groups in total. The number of fused-ring (bicyclic) bond motifs is 1. The summed E-state index contributed by atoms with van der Waals surface area (Å²) in [6.07, 6.45) is 4.69. The van der Waals surface area contributed by atoms with Gasteiger partial charge in [0, 0.05) is 24.8 Å². The van der Waals surface area contributed by atoms with Crippen molar-refractivity contribution in [1.82, 2.24) is 9.88 Å². The molecule has 2 aliphatic rings. The van der Waals surface area contributed by atoms with Crippen molar-refractivity contribution >= 4 is 11.5 Å². The Morgan fingerprint density at radius 3 is 3.10 bits per heavy atom. The van der Waals surface area contributed by atoms with Crippen molar-refractivity contribution < 1.29 is 4.92 Å². The number of rotatable bonds is 3. The SMILES string of the molecule is N#Cc1ccnc(NC2CCN3CCCC23)c1[N+](=O)[O-]. The second kappa shape index (κ2) is 5.06. The number of nitro groups is 1. The molecule has 3 rings (SSSR count). The molecule has 2 aliphatic heterocycles. The molecule has 0 spiro atoms. The molecule has 0 radical (unpaired) electrons. The van der Waals surface area contributed by atoms with Crippen molar-refractivity contribution in [3.63, 3.8) is 0 Å². The van der Waals surface area contributed by atoms with Crippen molar-refractivity contribution in [3.05, 3.63) is 27.9 Å². The highest BCUT2D eigenvalue weighted by atomic mass is 16.6. The van der Waals surface area contributed by atoms with Crippen molar-refractivity contribution in [2.24, 2.45) is 0 Å². The number of nitriles is 1. The molecule has 0 aliphatic carbocycles. The smallest absolute Gasteiger partial charge is 0.328 e. The van der Waals surface area contributed by atoms with Crippen LogP contribution >= 0.6 is 0 Å². The van der Waals surface area contributed by atoms with E-state index in [2.05, 4.69) is 15.2 Å². The minimum absolute atomic E-state index is 0.0498. The molecule has 1 aromatic rings. The fraction of sp³-hybridized carbons (Fsp3) is 0.538. The molecule has 7 heteroatoms. The summed E-state index contributed by atoms with van der Waals surface area (Å²) in [7, 11) is 0.